The first-order valence-corrected chi connectivity index (χ1v) is 17.4. The fourth-order valence-electron chi connectivity index (χ4n) is 6.19. The Hall–Kier alpha value is -2.90. The number of piperidine rings is 1. The number of aliphatic hydroxyl groups excluding tert-OH is 1. The summed E-state index contributed by atoms with van der Waals surface area (Å²) in [6, 6.07) is 9.28. The average molecular weight is 654 g/mol. The molecule has 4 atom stereocenters. The van der Waals surface area contributed by atoms with Crippen molar-refractivity contribution in [3.63, 3.8) is 0 Å². The van der Waals surface area contributed by atoms with E-state index in [1.165, 1.54) is 0 Å². The molecule has 2 saturated heterocycles. The van der Waals surface area contributed by atoms with Crippen molar-refractivity contribution in [1.29, 1.82) is 0 Å². The van der Waals surface area contributed by atoms with Crippen molar-refractivity contribution in [1.82, 2.24) is 15.5 Å². The molecule has 45 heavy (non-hydrogen) atoms. The molecule has 2 heterocycles. The van der Waals surface area contributed by atoms with Crippen molar-refractivity contribution in [3.05, 3.63) is 35.9 Å². The molecular weight excluding hydrogens is 602 g/mol. The van der Waals surface area contributed by atoms with Gasteiger partial charge in [0.15, 0.2) is 5.44 Å². The molecule has 0 aromatic heterocycles. The largest absolute Gasteiger partial charge is 0.444 e. The van der Waals surface area contributed by atoms with Crippen molar-refractivity contribution < 1.29 is 41.9 Å². The summed E-state index contributed by atoms with van der Waals surface area (Å²) in [5.41, 5.74) is -2.54. The van der Waals surface area contributed by atoms with Crippen LogP contribution in [-0.4, -0.2) is 83.4 Å². The quantitative estimate of drug-likeness (QED) is 0.227. The van der Waals surface area contributed by atoms with Gasteiger partial charge >= 0.3 is 12.2 Å². The van der Waals surface area contributed by atoms with Crippen LogP contribution in [0.25, 0.3) is 0 Å². The van der Waals surface area contributed by atoms with Gasteiger partial charge in [0.2, 0.25) is 5.91 Å². The molecule has 1 unspecified atom stereocenters. The molecular formula is C32H51N3O9S. The van der Waals surface area contributed by atoms with E-state index in [1.54, 1.807) is 4.90 Å². The van der Waals surface area contributed by atoms with Crippen molar-refractivity contribution in [2.24, 2.45) is 17.8 Å². The summed E-state index contributed by atoms with van der Waals surface area (Å²) < 4.78 is 45.0. The number of carbonyl (C=O) groups is 3. The smallest absolute Gasteiger partial charge is 0.410 e. The van der Waals surface area contributed by atoms with Crippen LogP contribution in [0, 0.1) is 17.8 Å². The first-order valence-electron chi connectivity index (χ1n) is 15.9. The van der Waals surface area contributed by atoms with Crippen LogP contribution in [0.15, 0.2) is 30.3 Å². The molecule has 2 aliphatic heterocycles. The van der Waals surface area contributed by atoms with Crippen LogP contribution in [0.5, 0.6) is 0 Å². The number of carbonyl (C=O) groups excluding carboxylic acids is 3. The lowest BCUT2D eigenvalue weighted by Gasteiger charge is -2.41. The zero-order chi connectivity index (χ0) is 33.4. The van der Waals surface area contributed by atoms with E-state index in [9.17, 15) is 32.5 Å². The third kappa shape index (κ3) is 11.8. The summed E-state index contributed by atoms with van der Waals surface area (Å²) in [5, 5.41) is 16.1. The van der Waals surface area contributed by atoms with Crippen LogP contribution in [0.1, 0.15) is 85.1 Å². The highest BCUT2D eigenvalue weighted by molar-refractivity contribution is 7.86. The third-order valence-electron chi connectivity index (χ3n) is 8.43. The van der Waals surface area contributed by atoms with Gasteiger partial charge in [-0.3, -0.25) is 9.35 Å². The SMILES string of the molecule is CC(C)C[C@@H](CC[C@@H](C[C@@H]1CCNC1=O)C(O)S(=O)(=O)O)NC(=O)OC1(Cc2ccccc2)CCN(C(=O)OC(C)(C)C)CC1. The van der Waals surface area contributed by atoms with Gasteiger partial charge in [0.25, 0.3) is 10.1 Å². The Morgan fingerprint density at radius 2 is 1.78 bits per heavy atom. The van der Waals surface area contributed by atoms with Gasteiger partial charge in [-0.15, -0.1) is 0 Å². The molecule has 12 nitrogen and oxygen atoms in total. The molecule has 13 heteroatoms. The number of hydrogen-bond acceptors (Lipinski definition) is 8. The standard InChI is InChI=1S/C32H51N3O9S/c1-22(2)19-26(12-11-25(28(37)45(40,41)42)20-24-13-16-33-27(24)36)34-29(38)43-32(21-23-9-7-6-8-10-23)14-17-35(18-15-32)30(39)44-31(3,4)5/h6-10,22,24-26,28,37H,11-21H2,1-5H3,(H,33,36)(H,34,38)(H,40,41,42)/t24-,25-,26+,28?/m0/s1. The number of nitrogens with one attached hydrogen (secondary N) is 2. The molecule has 1 aromatic rings. The van der Waals surface area contributed by atoms with Gasteiger partial charge in [0, 0.05) is 56.8 Å². The first kappa shape index (κ1) is 36.6. The number of amides is 3. The lowest BCUT2D eigenvalue weighted by atomic mass is 9.85. The minimum Gasteiger partial charge on any atom is -0.444 e. The zero-order valence-electron chi connectivity index (χ0n) is 27.2. The van der Waals surface area contributed by atoms with E-state index >= 15 is 0 Å². The Morgan fingerprint density at radius 1 is 1.13 bits per heavy atom. The Balaban J connectivity index is 1.72. The summed E-state index contributed by atoms with van der Waals surface area (Å²) in [6.45, 7) is 10.6. The highest BCUT2D eigenvalue weighted by atomic mass is 32.2. The van der Waals surface area contributed by atoms with Crippen molar-refractivity contribution in [2.45, 2.75) is 109 Å². The number of alkyl carbamates (subject to hydrolysis) is 1. The van der Waals surface area contributed by atoms with E-state index in [1.807, 2.05) is 65.0 Å². The molecule has 2 aliphatic rings. The Kier molecular flexibility index (Phi) is 12.7. The second kappa shape index (κ2) is 15.6. The van der Waals surface area contributed by atoms with Crippen LogP contribution in [-0.2, 0) is 30.8 Å². The number of benzene rings is 1. The second-order valence-corrected chi connectivity index (χ2v) is 15.4. The highest BCUT2D eigenvalue weighted by Gasteiger charge is 2.41. The van der Waals surface area contributed by atoms with E-state index in [0.717, 1.165) is 5.56 Å². The van der Waals surface area contributed by atoms with Crippen LogP contribution in [0.4, 0.5) is 9.59 Å². The summed E-state index contributed by atoms with van der Waals surface area (Å²) in [6.07, 6.45) is 1.89. The van der Waals surface area contributed by atoms with Crippen molar-refractivity contribution in [3.8, 4) is 0 Å². The molecule has 3 amide bonds. The van der Waals surface area contributed by atoms with E-state index < -0.39 is 56.8 Å². The molecule has 0 spiro atoms. The number of likely N-dealkylation sites (tertiary alicyclic amines) is 1. The molecule has 0 aliphatic carbocycles. The van der Waals surface area contributed by atoms with Crippen LogP contribution >= 0.6 is 0 Å². The van der Waals surface area contributed by atoms with Gasteiger partial charge in [0.1, 0.15) is 11.2 Å². The molecule has 254 valence electrons. The number of hydrogen-bond donors (Lipinski definition) is 4. The van der Waals surface area contributed by atoms with Gasteiger partial charge in [0.05, 0.1) is 0 Å². The maximum absolute atomic E-state index is 13.5. The molecule has 3 rings (SSSR count). The summed E-state index contributed by atoms with van der Waals surface area (Å²) >= 11 is 0. The maximum atomic E-state index is 13.5. The molecule has 0 saturated carbocycles. The van der Waals surface area contributed by atoms with Crippen LogP contribution in [0.3, 0.4) is 0 Å². The normalized spacial score (nSPS) is 20.7. The monoisotopic (exact) mass is 653 g/mol. The van der Waals surface area contributed by atoms with Crippen molar-refractivity contribution >= 4 is 28.2 Å². The predicted octanol–water partition coefficient (Wildman–Crippen LogP) is 4.27. The van der Waals surface area contributed by atoms with Gasteiger partial charge in [-0.05, 0) is 64.4 Å². The topological polar surface area (TPSA) is 172 Å². The van der Waals surface area contributed by atoms with E-state index in [-0.39, 0.29) is 24.7 Å². The summed E-state index contributed by atoms with van der Waals surface area (Å²) in [7, 11) is -4.76. The molecule has 0 radical (unpaired) electrons. The fraction of sp³-hybridized carbons (Fsp3) is 0.719. The van der Waals surface area contributed by atoms with Crippen LogP contribution < -0.4 is 10.6 Å². The van der Waals surface area contributed by atoms with Gasteiger partial charge in [-0.1, -0.05) is 44.2 Å². The second-order valence-electron chi connectivity index (χ2n) is 13.9. The molecule has 0 bridgehead atoms. The Morgan fingerprint density at radius 3 is 2.31 bits per heavy atom. The lowest BCUT2D eigenvalue weighted by Crippen LogP contribution is -2.52. The van der Waals surface area contributed by atoms with E-state index in [0.29, 0.717) is 58.2 Å². The number of ether oxygens (including phenoxy) is 2. The predicted molar refractivity (Wildman–Crippen MR) is 169 cm³/mol. The van der Waals surface area contributed by atoms with Crippen molar-refractivity contribution in [2.75, 3.05) is 19.6 Å². The summed E-state index contributed by atoms with van der Waals surface area (Å²) in [5.74, 6) is -1.39. The minimum atomic E-state index is -4.76. The van der Waals surface area contributed by atoms with Gasteiger partial charge in [-0.2, -0.15) is 8.42 Å². The van der Waals surface area contributed by atoms with Gasteiger partial charge < -0.3 is 30.1 Å². The van der Waals surface area contributed by atoms with E-state index in [2.05, 4.69) is 10.6 Å². The third-order valence-corrected chi connectivity index (χ3v) is 9.42. The Bertz CT molecular complexity index is 1240. The molecule has 4 N–H and O–H groups in total. The summed E-state index contributed by atoms with van der Waals surface area (Å²) in [4.78, 5) is 40.0. The highest BCUT2D eigenvalue weighted by Crippen LogP contribution is 2.32. The van der Waals surface area contributed by atoms with Crippen LogP contribution in [0.2, 0.25) is 0 Å². The first-order chi connectivity index (χ1) is 21.0. The minimum absolute atomic E-state index is 0.0972. The number of rotatable bonds is 13. The van der Waals surface area contributed by atoms with E-state index in [4.69, 9.17) is 9.47 Å². The zero-order valence-corrected chi connectivity index (χ0v) is 28.0. The average Bonchev–Trinajstić information content (AvgIpc) is 3.33. The van der Waals surface area contributed by atoms with Gasteiger partial charge in [-0.25, -0.2) is 9.59 Å². The molecule has 1 aromatic carbocycles. The molecule has 2 fully saturated rings. The fourth-order valence-corrected chi connectivity index (χ4v) is 6.92. The Labute approximate surface area is 267 Å². The number of aliphatic hydroxyl groups is 1. The number of nitrogens with zero attached hydrogens (tertiary/aromatic N) is 1. The maximum Gasteiger partial charge on any atom is 0.410 e. The lowest BCUT2D eigenvalue weighted by molar-refractivity contribution is -0.123.